The third-order valence-corrected chi connectivity index (χ3v) is 4.43. The number of carbonyl (C=O) groups is 3. The van der Waals surface area contributed by atoms with Crippen LogP contribution in [-0.4, -0.2) is 49.8 Å². The first-order valence-electron chi connectivity index (χ1n) is 8.34. The Morgan fingerprint density at radius 2 is 1.39 bits per heavy atom. The lowest BCUT2D eigenvalue weighted by Gasteiger charge is -2.16. The molecule has 3 N–H and O–H groups in total. The number of anilines is 2. The molecule has 0 aliphatic carbocycles. The van der Waals surface area contributed by atoms with Gasteiger partial charge < -0.3 is 16.0 Å². The molecule has 0 heterocycles. The molecule has 3 amide bonds. The Hall–Kier alpha value is -2.61. The van der Waals surface area contributed by atoms with Crippen LogP contribution in [-0.2, 0) is 9.59 Å². The van der Waals surface area contributed by atoms with E-state index in [9.17, 15) is 14.4 Å². The highest BCUT2D eigenvalue weighted by Crippen LogP contribution is 2.24. The second kappa shape index (κ2) is 10.1. The molecule has 9 heteroatoms. The van der Waals surface area contributed by atoms with Gasteiger partial charge in [-0.1, -0.05) is 23.2 Å². The molecule has 0 saturated carbocycles. The third-order valence-electron chi connectivity index (χ3n) is 3.69. The highest BCUT2D eigenvalue weighted by atomic mass is 35.5. The lowest BCUT2D eigenvalue weighted by atomic mass is 10.2. The van der Waals surface area contributed by atoms with Crippen molar-refractivity contribution in [1.82, 2.24) is 10.2 Å². The normalized spacial score (nSPS) is 10.5. The second-order valence-electron chi connectivity index (χ2n) is 6.05. The smallest absolute Gasteiger partial charge is 0.251 e. The van der Waals surface area contributed by atoms with Crippen LogP contribution in [0.5, 0.6) is 0 Å². The zero-order valence-electron chi connectivity index (χ0n) is 15.4. The number of hydrogen-bond donors (Lipinski definition) is 3. The first kappa shape index (κ1) is 21.7. The zero-order valence-corrected chi connectivity index (χ0v) is 16.9. The number of amides is 3. The fraction of sp³-hybridized carbons (Fsp3) is 0.211. The molecule has 0 aliphatic rings. The maximum Gasteiger partial charge on any atom is 0.251 e. The van der Waals surface area contributed by atoms with E-state index in [1.54, 1.807) is 61.5 Å². The van der Waals surface area contributed by atoms with Gasteiger partial charge in [0, 0.05) is 24.0 Å². The van der Waals surface area contributed by atoms with Crippen molar-refractivity contribution < 1.29 is 14.4 Å². The number of carbonyl (C=O) groups excluding carboxylic acids is 3. The molecule has 2 aromatic carbocycles. The quantitative estimate of drug-likeness (QED) is 0.639. The van der Waals surface area contributed by atoms with Gasteiger partial charge in [-0.2, -0.15) is 0 Å². The number of halogens is 2. The van der Waals surface area contributed by atoms with E-state index in [1.165, 1.54) is 0 Å². The summed E-state index contributed by atoms with van der Waals surface area (Å²) in [5, 5.41) is 8.68. The van der Waals surface area contributed by atoms with Gasteiger partial charge in [-0.15, -0.1) is 0 Å². The Morgan fingerprint density at radius 3 is 1.93 bits per heavy atom. The first-order valence-corrected chi connectivity index (χ1v) is 9.09. The van der Waals surface area contributed by atoms with Gasteiger partial charge in [0.25, 0.3) is 5.91 Å². The number of hydrogen-bond acceptors (Lipinski definition) is 4. The summed E-state index contributed by atoms with van der Waals surface area (Å²) >= 11 is 11.8. The van der Waals surface area contributed by atoms with Crippen LogP contribution in [0.2, 0.25) is 10.0 Å². The van der Waals surface area contributed by atoms with Crippen molar-refractivity contribution in [2.45, 2.75) is 0 Å². The summed E-state index contributed by atoms with van der Waals surface area (Å²) in [7, 11) is 3.20. The van der Waals surface area contributed by atoms with E-state index in [1.807, 2.05) is 0 Å². The van der Waals surface area contributed by atoms with Gasteiger partial charge in [-0.05, 0) is 49.5 Å². The number of rotatable bonds is 7. The van der Waals surface area contributed by atoms with E-state index in [2.05, 4.69) is 16.0 Å². The van der Waals surface area contributed by atoms with Crippen LogP contribution in [0, 0.1) is 0 Å². The van der Waals surface area contributed by atoms with Crippen LogP contribution >= 0.6 is 23.2 Å². The molecule has 0 unspecified atom stereocenters. The van der Waals surface area contributed by atoms with Gasteiger partial charge in [0.1, 0.15) is 0 Å². The largest absolute Gasteiger partial charge is 0.355 e. The van der Waals surface area contributed by atoms with Crippen molar-refractivity contribution in [1.29, 1.82) is 0 Å². The zero-order chi connectivity index (χ0) is 20.7. The molecule has 7 nitrogen and oxygen atoms in total. The summed E-state index contributed by atoms with van der Waals surface area (Å²) in [6, 6.07) is 11.3. The molecule has 2 aromatic rings. The number of nitrogens with one attached hydrogen (secondary N) is 3. The minimum atomic E-state index is -0.288. The minimum absolute atomic E-state index is 0.0171. The van der Waals surface area contributed by atoms with E-state index in [0.29, 0.717) is 27.0 Å². The van der Waals surface area contributed by atoms with Gasteiger partial charge in [-0.25, -0.2) is 0 Å². The van der Waals surface area contributed by atoms with Crippen LogP contribution in [0.1, 0.15) is 10.4 Å². The fourth-order valence-electron chi connectivity index (χ4n) is 2.37. The maximum absolute atomic E-state index is 12.1. The first-order chi connectivity index (χ1) is 13.3. The highest BCUT2D eigenvalue weighted by molar-refractivity contribution is 6.42. The third kappa shape index (κ3) is 6.53. The predicted octanol–water partition coefficient (Wildman–Crippen LogP) is 2.86. The van der Waals surface area contributed by atoms with Gasteiger partial charge in [0.2, 0.25) is 11.8 Å². The van der Waals surface area contributed by atoms with E-state index in [0.717, 1.165) is 0 Å². The average molecular weight is 423 g/mol. The summed E-state index contributed by atoms with van der Waals surface area (Å²) in [5.41, 5.74) is 1.58. The molecular weight excluding hydrogens is 403 g/mol. The predicted molar refractivity (Wildman–Crippen MR) is 111 cm³/mol. The van der Waals surface area contributed by atoms with E-state index in [4.69, 9.17) is 23.2 Å². The minimum Gasteiger partial charge on any atom is -0.355 e. The summed E-state index contributed by atoms with van der Waals surface area (Å²) < 4.78 is 0. The standard InChI is InChI=1S/C19H20Cl2N4O3/c1-22-19(28)12-3-5-13(6-4-12)23-17(26)10-25(2)11-18(27)24-14-7-8-15(20)16(21)9-14/h3-9H,10-11H2,1-2H3,(H,22,28)(H,23,26)(H,24,27). The van der Waals surface area contributed by atoms with Crippen LogP contribution in [0.25, 0.3) is 0 Å². The molecule has 0 saturated heterocycles. The molecule has 0 spiro atoms. The monoisotopic (exact) mass is 422 g/mol. The Bertz CT molecular complexity index is 872. The molecule has 0 aromatic heterocycles. The van der Waals surface area contributed by atoms with Crippen molar-refractivity contribution in [3.05, 3.63) is 58.1 Å². The molecule has 0 bridgehead atoms. The number of likely N-dealkylation sites (N-methyl/N-ethyl adjacent to an activating group) is 1. The number of benzene rings is 2. The van der Waals surface area contributed by atoms with Crippen molar-refractivity contribution in [2.24, 2.45) is 0 Å². The number of nitrogens with zero attached hydrogens (tertiary/aromatic N) is 1. The summed E-state index contributed by atoms with van der Waals surface area (Å²) in [4.78, 5) is 37.3. The Labute approximate surface area is 173 Å². The average Bonchev–Trinajstić information content (AvgIpc) is 2.64. The SMILES string of the molecule is CNC(=O)c1ccc(NC(=O)CN(C)CC(=O)Nc2ccc(Cl)c(Cl)c2)cc1. The van der Waals surface area contributed by atoms with Crippen molar-refractivity contribution in [3.8, 4) is 0 Å². The van der Waals surface area contributed by atoms with Crippen LogP contribution in [0.15, 0.2) is 42.5 Å². The van der Waals surface area contributed by atoms with Gasteiger partial charge in [0.05, 0.1) is 23.1 Å². The maximum atomic E-state index is 12.1. The van der Waals surface area contributed by atoms with Crippen molar-refractivity contribution >= 4 is 52.3 Å². The van der Waals surface area contributed by atoms with E-state index in [-0.39, 0.29) is 30.8 Å². The molecule has 28 heavy (non-hydrogen) atoms. The Balaban J connectivity index is 1.82. The lowest BCUT2D eigenvalue weighted by molar-refractivity contribution is -0.119. The molecular formula is C19H20Cl2N4O3. The Morgan fingerprint density at radius 1 is 0.857 bits per heavy atom. The van der Waals surface area contributed by atoms with E-state index >= 15 is 0 Å². The second-order valence-corrected chi connectivity index (χ2v) is 6.87. The summed E-state index contributed by atoms with van der Waals surface area (Å²) in [5.74, 6) is -0.772. The molecule has 0 fully saturated rings. The Kier molecular flexibility index (Phi) is 7.80. The lowest BCUT2D eigenvalue weighted by Crippen LogP contribution is -2.36. The van der Waals surface area contributed by atoms with Gasteiger partial charge in [0.15, 0.2) is 0 Å². The molecule has 0 aliphatic heterocycles. The molecule has 0 atom stereocenters. The van der Waals surface area contributed by atoms with E-state index < -0.39 is 0 Å². The van der Waals surface area contributed by atoms with Gasteiger partial charge >= 0.3 is 0 Å². The van der Waals surface area contributed by atoms with Crippen LogP contribution in [0.3, 0.4) is 0 Å². The van der Waals surface area contributed by atoms with Crippen LogP contribution < -0.4 is 16.0 Å². The molecule has 0 radical (unpaired) electrons. The highest BCUT2D eigenvalue weighted by Gasteiger charge is 2.12. The molecule has 148 valence electrons. The van der Waals surface area contributed by atoms with Gasteiger partial charge in [-0.3, -0.25) is 19.3 Å². The molecule has 2 rings (SSSR count). The van der Waals surface area contributed by atoms with Crippen molar-refractivity contribution in [2.75, 3.05) is 37.8 Å². The van der Waals surface area contributed by atoms with Crippen molar-refractivity contribution in [3.63, 3.8) is 0 Å². The topological polar surface area (TPSA) is 90.5 Å². The summed E-state index contributed by atoms with van der Waals surface area (Å²) in [6.45, 7) is 0.0370. The van der Waals surface area contributed by atoms with Crippen LogP contribution in [0.4, 0.5) is 11.4 Å². The summed E-state index contributed by atoms with van der Waals surface area (Å²) in [6.07, 6.45) is 0. The fourth-order valence-corrected chi connectivity index (χ4v) is 2.67.